The van der Waals surface area contributed by atoms with E-state index in [9.17, 15) is 9.59 Å². The molecule has 1 unspecified atom stereocenters. The maximum Gasteiger partial charge on any atom is 0.310 e. The summed E-state index contributed by atoms with van der Waals surface area (Å²) in [6, 6.07) is 0. The molecular formula is C14H18O4. The van der Waals surface area contributed by atoms with Crippen molar-refractivity contribution in [2.24, 2.45) is 0 Å². The molecule has 0 N–H and O–H groups in total. The normalized spacial score (nSPS) is 22.0. The smallest absolute Gasteiger partial charge is 0.310 e. The highest BCUT2D eigenvalue weighted by Gasteiger charge is 2.32. The number of esters is 2. The van der Waals surface area contributed by atoms with Gasteiger partial charge >= 0.3 is 11.9 Å². The Morgan fingerprint density at radius 3 is 2.61 bits per heavy atom. The summed E-state index contributed by atoms with van der Waals surface area (Å²) in [5.74, 6) is -0.146. The molecule has 0 saturated heterocycles. The van der Waals surface area contributed by atoms with Gasteiger partial charge in [0.25, 0.3) is 0 Å². The van der Waals surface area contributed by atoms with Crippen molar-refractivity contribution in [3.8, 4) is 0 Å². The van der Waals surface area contributed by atoms with Gasteiger partial charge in [0.2, 0.25) is 0 Å². The zero-order chi connectivity index (χ0) is 13.6. The van der Waals surface area contributed by atoms with Gasteiger partial charge in [0.1, 0.15) is 5.76 Å². The first-order valence-corrected chi connectivity index (χ1v) is 5.99. The molecule has 18 heavy (non-hydrogen) atoms. The molecule has 1 atom stereocenters. The van der Waals surface area contributed by atoms with Crippen molar-refractivity contribution in [2.75, 3.05) is 0 Å². The fourth-order valence-electron chi connectivity index (χ4n) is 1.53. The summed E-state index contributed by atoms with van der Waals surface area (Å²) >= 11 is 0. The number of hydrogen-bond donors (Lipinski definition) is 0. The zero-order valence-corrected chi connectivity index (χ0v) is 10.8. The fraction of sp³-hybridized carbons (Fsp3) is 0.429. The Hall–Kier alpha value is -1.84. The number of ether oxygens (including phenoxy) is 2. The molecule has 0 aromatic rings. The second-order valence-electron chi connectivity index (χ2n) is 3.98. The number of allylic oxidation sites excluding steroid dienone is 2. The predicted octanol–water partition coefficient (Wildman–Crippen LogP) is 2.66. The van der Waals surface area contributed by atoms with Crippen LogP contribution in [0.2, 0.25) is 0 Å². The molecule has 0 heterocycles. The van der Waals surface area contributed by atoms with Crippen molar-refractivity contribution >= 4 is 11.9 Å². The molecule has 1 aliphatic carbocycles. The van der Waals surface area contributed by atoms with Crippen LogP contribution in [0.3, 0.4) is 0 Å². The molecule has 0 aliphatic heterocycles. The van der Waals surface area contributed by atoms with Crippen LogP contribution in [0.5, 0.6) is 0 Å². The number of rotatable bonds is 5. The van der Waals surface area contributed by atoms with E-state index in [1.54, 1.807) is 38.2 Å². The molecule has 0 amide bonds. The second kappa shape index (κ2) is 6.19. The molecule has 0 fully saturated rings. The Morgan fingerprint density at radius 2 is 2.06 bits per heavy atom. The Morgan fingerprint density at radius 1 is 1.39 bits per heavy atom. The maximum atomic E-state index is 11.4. The number of carbonyl (C=O) groups is 2. The van der Waals surface area contributed by atoms with Crippen LogP contribution in [0.25, 0.3) is 0 Å². The molecule has 0 radical (unpaired) electrons. The van der Waals surface area contributed by atoms with Gasteiger partial charge in [0.15, 0.2) is 5.60 Å². The van der Waals surface area contributed by atoms with E-state index in [1.807, 2.05) is 0 Å². The van der Waals surface area contributed by atoms with E-state index in [0.717, 1.165) is 0 Å². The number of hydrogen-bond acceptors (Lipinski definition) is 4. The molecule has 98 valence electrons. The lowest BCUT2D eigenvalue weighted by Gasteiger charge is -2.29. The van der Waals surface area contributed by atoms with Gasteiger partial charge in [-0.3, -0.25) is 9.59 Å². The van der Waals surface area contributed by atoms with Crippen molar-refractivity contribution < 1.29 is 19.1 Å². The average molecular weight is 250 g/mol. The van der Waals surface area contributed by atoms with Crippen LogP contribution in [0.1, 0.15) is 33.1 Å². The van der Waals surface area contributed by atoms with Gasteiger partial charge in [-0.25, -0.2) is 0 Å². The molecule has 0 saturated carbocycles. The highest BCUT2D eigenvalue weighted by atomic mass is 16.6. The van der Waals surface area contributed by atoms with Crippen LogP contribution in [-0.2, 0) is 19.1 Å². The third-order valence-corrected chi connectivity index (χ3v) is 2.58. The largest absolute Gasteiger partial charge is 0.450 e. The lowest BCUT2D eigenvalue weighted by molar-refractivity contribution is -0.152. The third-order valence-electron chi connectivity index (χ3n) is 2.58. The first-order valence-electron chi connectivity index (χ1n) is 5.99. The summed E-state index contributed by atoms with van der Waals surface area (Å²) in [7, 11) is 0. The molecule has 4 nitrogen and oxygen atoms in total. The van der Waals surface area contributed by atoms with Gasteiger partial charge in [-0.05, 0) is 18.2 Å². The summed E-state index contributed by atoms with van der Waals surface area (Å²) in [5, 5.41) is 0. The van der Waals surface area contributed by atoms with Gasteiger partial charge < -0.3 is 9.47 Å². The van der Waals surface area contributed by atoms with E-state index in [0.29, 0.717) is 18.6 Å². The first kappa shape index (κ1) is 14.2. The van der Waals surface area contributed by atoms with Crippen molar-refractivity contribution in [1.82, 2.24) is 0 Å². The quantitative estimate of drug-likeness (QED) is 0.556. The van der Waals surface area contributed by atoms with E-state index >= 15 is 0 Å². The highest BCUT2D eigenvalue weighted by molar-refractivity contribution is 5.71. The summed E-state index contributed by atoms with van der Waals surface area (Å²) in [6.45, 7) is 7.12. The van der Waals surface area contributed by atoms with Gasteiger partial charge in [0, 0.05) is 12.8 Å². The van der Waals surface area contributed by atoms with E-state index < -0.39 is 5.60 Å². The molecule has 0 aromatic heterocycles. The average Bonchev–Trinajstić information content (AvgIpc) is 2.38. The lowest BCUT2D eigenvalue weighted by Crippen LogP contribution is -2.33. The topological polar surface area (TPSA) is 52.6 Å². The van der Waals surface area contributed by atoms with Gasteiger partial charge in [-0.2, -0.15) is 0 Å². The van der Waals surface area contributed by atoms with E-state index in [-0.39, 0.29) is 18.4 Å². The van der Waals surface area contributed by atoms with Crippen molar-refractivity contribution in [3.63, 3.8) is 0 Å². The number of carbonyl (C=O) groups excluding carboxylic acids is 2. The Bertz CT molecular complexity index is 406. The van der Waals surface area contributed by atoms with Crippen molar-refractivity contribution in [2.45, 2.75) is 38.7 Å². The minimum absolute atomic E-state index is 0.289. The highest BCUT2D eigenvalue weighted by Crippen LogP contribution is 2.29. The van der Waals surface area contributed by atoms with Crippen LogP contribution in [0, 0.1) is 0 Å². The Balaban J connectivity index is 2.77. The molecule has 0 aromatic carbocycles. The van der Waals surface area contributed by atoms with Gasteiger partial charge in [-0.15, -0.1) is 0 Å². The summed E-state index contributed by atoms with van der Waals surface area (Å²) in [4.78, 5) is 22.6. The summed E-state index contributed by atoms with van der Waals surface area (Å²) < 4.78 is 10.5. The van der Waals surface area contributed by atoms with Crippen LogP contribution in [0.4, 0.5) is 0 Å². The third kappa shape index (κ3) is 3.58. The molecular weight excluding hydrogens is 232 g/mol. The molecule has 0 bridgehead atoms. The van der Waals surface area contributed by atoms with E-state index in [1.165, 1.54) is 0 Å². The Labute approximate surface area is 107 Å². The lowest BCUT2D eigenvalue weighted by atomic mass is 9.94. The molecule has 0 spiro atoms. The monoisotopic (exact) mass is 250 g/mol. The van der Waals surface area contributed by atoms with Crippen LogP contribution in [0.15, 0.2) is 36.6 Å². The van der Waals surface area contributed by atoms with Gasteiger partial charge in [-0.1, -0.05) is 26.5 Å². The summed E-state index contributed by atoms with van der Waals surface area (Å²) in [6.07, 6.45) is 7.56. The summed E-state index contributed by atoms with van der Waals surface area (Å²) in [5.41, 5.74) is -0.912. The predicted molar refractivity (Wildman–Crippen MR) is 67.5 cm³/mol. The van der Waals surface area contributed by atoms with Crippen LogP contribution < -0.4 is 0 Å². The van der Waals surface area contributed by atoms with Crippen molar-refractivity contribution in [3.05, 3.63) is 36.6 Å². The first-order chi connectivity index (χ1) is 8.55. The van der Waals surface area contributed by atoms with Gasteiger partial charge in [0.05, 0.1) is 6.42 Å². The molecule has 1 aliphatic rings. The van der Waals surface area contributed by atoms with Crippen LogP contribution >= 0.6 is 0 Å². The Kier molecular flexibility index (Phi) is 4.89. The van der Waals surface area contributed by atoms with E-state index in [2.05, 4.69) is 6.58 Å². The van der Waals surface area contributed by atoms with E-state index in [4.69, 9.17) is 9.47 Å². The maximum absolute atomic E-state index is 11.4. The minimum Gasteiger partial charge on any atom is -0.450 e. The zero-order valence-electron chi connectivity index (χ0n) is 10.8. The van der Waals surface area contributed by atoms with Crippen LogP contribution in [-0.4, -0.2) is 17.5 Å². The standard InChI is InChI=1S/C14H18O4/c1-4-12(15)17-11-8-7-9-14(6-3,10-11)18-13(16)5-2/h6-9H,3-5,10H2,1-2H3. The molecule has 4 heteroatoms. The fourth-order valence-corrected chi connectivity index (χ4v) is 1.53. The van der Waals surface area contributed by atoms with Crippen molar-refractivity contribution in [1.29, 1.82) is 0 Å². The SMILES string of the molecule is C=CC1(OC(=O)CC)C=CC=C(OC(=O)CC)C1. The minimum atomic E-state index is -0.912. The second-order valence-corrected chi connectivity index (χ2v) is 3.98. The molecule has 1 rings (SSSR count).